The predicted molar refractivity (Wildman–Crippen MR) is 96.6 cm³/mol. The van der Waals surface area contributed by atoms with Gasteiger partial charge < -0.3 is 14.4 Å². The van der Waals surface area contributed by atoms with E-state index in [1.54, 1.807) is 0 Å². The standard InChI is InChI=1S/C21H29NO3/c23-20(22-12-10-19(11-13-22)21-24-14-15-25-21)18-8-6-17(7-9-18)16-4-2-1-3-5-16/h6-9,16,19,21H,1-5,10-15H2. The Morgan fingerprint density at radius 2 is 1.52 bits per heavy atom. The van der Waals surface area contributed by atoms with Crippen LogP contribution in [0.4, 0.5) is 0 Å². The summed E-state index contributed by atoms with van der Waals surface area (Å²) in [7, 11) is 0. The molecule has 136 valence electrons. The number of carbonyl (C=O) groups is 1. The number of piperidine rings is 1. The molecule has 1 aromatic rings. The minimum absolute atomic E-state index is 0.0490. The molecule has 4 heteroatoms. The first-order valence-electron chi connectivity index (χ1n) is 9.94. The summed E-state index contributed by atoms with van der Waals surface area (Å²) in [6.07, 6.45) is 8.54. The minimum Gasteiger partial charge on any atom is -0.350 e. The van der Waals surface area contributed by atoms with E-state index in [2.05, 4.69) is 12.1 Å². The Hall–Kier alpha value is -1.39. The summed E-state index contributed by atoms with van der Waals surface area (Å²) in [6.45, 7) is 3.02. The summed E-state index contributed by atoms with van der Waals surface area (Å²) in [4.78, 5) is 14.8. The van der Waals surface area contributed by atoms with Crippen molar-refractivity contribution in [2.24, 2.45) is 5.92 Å². The van der Waals surface area contributed by atoms with Gasteiger partial charge in [0.2, 0.25) is 0 Å². The average Bonchev–Trinajstić information content (AvgIpc) is 3.23. The van der Waals surface area contributed by atoms with E-state index >= 15 is 0 Å². The van der Waals surface area contributed by atoms with Crippen molar-refractivity contribution in [1.82, 2.24) is 4.90 Å². The van der Waals surface area contributed by atoms with E-state index in [1.807, 2.05) is 17.0 Å². The van der Waals surface area contributed by atoms with Crippen LogP contribution in [-0.2, 0) is 9.47 Å². The lowest BCUT2D eigenvalue weighted by atomic mass is 9.84. The van der Waals surface area contributed by atoms with Crippen molar-refractivity contribution in [3.63, 3.8) is 0 Å². The number of nitrogens with zero attached hydrogens (tertiary/aromatic N) is 1. The fourth-order valence-corrected chi connectivity index (χ4v) is 4.54. The Labute approximate surface area is 150 Å². The zero-order valence-corrected chi connectivity index (χ0v) is 15.0. The molecule has 0 radical (unpaired) electrons. The van der Waals surface area contributed by atoms with Crippen LogP contribution in [0, 0.1) is 5.92 Å². The zero-order chi connectivity index (χ0) is 17.1. The van der Waals surface area contributed by atoms with Crippen LogP contribution in [0.2, 0.25) is 0 Å². The van der Waals surface area contributed by atoms with E-state index in [0.29, 0.717) is 25.0 Å². The first kappa shape index (κ1) is 17.0. The van der Waals surface area contributed by atoms with Crippen LogP contribution in [0.1, 0.15) is 66.8 Å². The van der Waals surface area contributed by atoms with E-state index in [4.69, 9.17) is 9.47 Å². The Bertz CT molecular complexity index is 565. The van der Waals surface area contributed by atoms with Crippen molar-refractivity contribution in [1.29, 1.82) is 0 Å². The Morgan fingerprint density at radius 3 is 2.16 bits per heavy atom. The van der Waals surface area contributed by atoms with Gasteiger partial charge in [0.25, 0.3) is 5.91 Å². The van der Waals surface area contributed by atoms with Gasteiger partial charge in [-0.2, -0.15) is 0 Å². The number of rotatable bonds is 3. The van der Waals surface area contributed by atoms with Crippen molar-refractivity contribution in [3.05, 3.63) is 35.4 Å². The monoisotopic (exact) mass is 343 g/mol. The van der Waals surface area contributed by atoms with Crippen LogP contribution in [0.25, 0.3) is 0 Å². The highest BCUT2D eigenvalue weighted by atomic mass is 16.7. The van der Waals surface area contributed by atoms with Gasteiger partial charge in [-0.15, -0.1) is 0 Å². The summed E-state index contributed by atoms with van der Waals surface area (Å²) in [5.41, 5.74) is 2.23. The van der Waals surface area contributed by atoms with Crippen molar-refractivity contribution in [2.75, 3.05) is 26.3 Å². The highest BCUT2D eigenvalue weighted by molar-refractivity contribution is 5.94. The number of hydrogen-bond donors (Lipinski definition) is 0. The predicted octanol–water partition coefficient (Wildman–Crippen LogP) is 3.96. The topological polar surface area (TPSA) is 38.8 Å². The SMILES string of the molecule is O=C(c1ccc(C2CCCCC2)cc1)N1CCC(C2OCCO2)CC1. The van der Waals surface area contributed by atoms with Gasteiger partial charge in [-0.05, 0) is 49.3 Å². The van der Waals surface area contributed by atoms with E-state index in [0.717, 1.165) is 31.5 Å². The molecule has 1 aromatic carbocycles. The summed E-state index contributed by atoms with van der Waals surface area (Å²) in [6, 6.07) is 8.41. The molecule has 0 spiro atoms. The van der Waals surface area contributed by atoms with Gasteiger partial charge >= 0.3 is 0 Å². The van der Waals surface area contributed by atoms with E-state index < -0.39 is 0 Å². The molecule has 0 aromatic heterocycles. The number of benzene rings is 1. The molecule has 1 aliphatic carbocycles. The lowest BCUT2D eigenvalue weighted by molar-refractivity contribution is -0.0956. The molecule has 2 aliphatic heterocycles. The molecule has 0 atom stereocenters. The number of carbonyl (C=O) groups excluding carboxylic acids is 1. The third kappa shape index (κ3) is 3.90. The van der Waals surface area contributed by atoms with Gasteiger partial charge in [-0.1, -0.05) is 31.4 Å². The molecular formula is C21H29NO3. The lowest BCUT2D eigenvalue weighted by Crippen LogP contribution is -2.41. The molecule has 25 heavy (non-hydrogen) atoms. The van der Waals surface area contributed by atoms with Crippen LogP contribution in [0.15, 0.2) is 24.3 Å². The van der Waals surface area contributed by atoms with Gasteiger partial charge in [0.1, 0.15) is 0 Å². The van der Waals surface area contributed by atoms with Crippen molar-refractivity contribution in [2.45, 2.75) is 57.2 Å². The normalized spacial score (nSPS) is 23.9. The van der Waals surface area contributed by atoms with Gasteiger partial charge in [0, 0.05) is 24.6 Å². The molecule has 3 aliphatic rings. The second-order valence-corrected chi connectivity index (χ2v) is 7.70. The van der Waals surface area contributed by atoms with Gasteiger partial charge in [-0.3, -0.25) is 4.79 Å². The van der Waals surface area contributed by atoms with Gasteiger partial charge in [0.05, 0.1) is 13.2 Å². The molecule has 2 saturated heterocycles. The van der Waals surface area contributed by atoms with E-state index in [9.17, 15) is 4.79 Å². The third-order valence-corrected chi connectivity index (χ3v) is 6.09. The first-order chi connectivity index (χ1) is 12.3. The Kier molecular flexibility index (Phi) is 5.37. The summed E-state index contributed by atoms with van der Waals surface area (Å²) >= 11 is 0. The smallest absolute Gasteiger partial charge is 0.253 e. The maximum absolute atomic E-state index is 12.8. The second-order valence-electron chi connectivity index (χ2n) is 7.70. The molecule has 3 fully saturated rings. The first-order valence-corrected chi connectivity index (χ1v) is 9.94. The van der Waals surface area contributed by atoms with Crippen LogP contribution in [0.5, 0.6) is 0 Å². The molecule has 0 N–H and O–H groups in total. The maximum atomic E-state index is 12.8. The van der Waals surface area contributed by atoms with Crippen molar-refractivity contribution >= 4 is 5.91 Å². The molecule has 1 amide bonds. The van der Waals surface area contributed by atoms with Crippen LogP contribution >= 0.6 is 0 Å². The highest BCUT2D eigenvalue weighted by Crippen LogP contribution is 2.33. The summed E-state index contributed by atoms with van der Waals surface area (Å²) in [5.74, 6) is 1.29. The molecule has 4 rings (SSSR count). The maximum Gasteiger partial charge on any atom is 0.253 e. The Morgan fingerprint density at radius 1 is 0.880 bits per heavy atom. The number of ether oxygens (including phenoxy) is 2. The lowest BCUT2D eigenvalue weighted by Gasteiger charge is -2.34. The molecule has 1 saturated carbocycles. The average molecular weight is 343 g/mol. The van der Waals surface area contributed by atoms with E-state index in [-0.39, 0.29) is 12.2 Å². The molecule has 4 nitrogen and oxygen atoms in total. The molecule has 0 bridgehead atoms. The number of hydrogen-bond acceptors (Lipinski definition) is 3. The third-order valence-electron chi connectivity index (χ3n) is 6.09. The summed E-state index contributed by atoms with van der Waals surface area (Å²) in [5, 5.41) is 0. The fraction of sp³-hybridized carbons (Fsp3) is 0.667. The minimum atomic E-state index is -0.0490. The second kappa shape index (κ2) is 7.88. The molecule has 2 heterocycles. The molecule has 0 unspecified atom stereocenters. The highest BCUT2D eigenvalue weighted by Gasteiger charge is 2.32. The number of likely N-dealkylation sites (tertiary alicyclic amines) is 1. The van der Waals surface area contributed by atoms with Crippen LogP contribution < -0.4 is 0 Å². The zero-order valence-electron chi connectivity index (χ0n) is 15.0. The quantitative estimate of drug-likeness (QED) is 0.834. The molecular weight excluding hydrogens is 314 g/mol. The Balaban J connectivity index is 1.33. The summed E-state index contributed by atoms with van der Waals surface area (Å²) < 4.78 is 11.2. The van der Waals surface area contributed by atoms with Crippen molar-refractivity contribution in [3.8, 4) is 0 Å². The van der Waals surface area contributed by atoms with Crippen LogP contribution in [0.3, 0.4) is 0 Å². The fourth-order valence-electron chi connectivity index (χ4n) is 4.54. The van der Waals surface area contributed by atoms with Gasteiger partial charge in [-0.25, -0.2) is 0 Å². The largest absolute Gasteiger partial charge is 0.350 e. The van der Waals surface area contributed by atoms with E-state index in [1.165, 1.54) is 37.7 Å². The van der Waals surface area contributed by atoms with Crippen LogP contribution in [-0.4, -0.2) is 43.4 Å². The van der Waals surface area contributed by atoms with Crippen molar-refractivity contribution < 1.29 is 14.3 Å². The number of amides is 1. The van der Waals surface area contributed by atoms with Gasteiger partial charge in [0.15, 0.2) is 6.29 Å².